The van der Waals surface area contributed by atoms with Gasteiger partial charge in [-0.25, -0.2) is 4.57 Å². The molecular weight excluding hydrogens is 759 g/mol. The molecule has 2 unspecified atom stereocenters. The van der Waals surface area contributed by atoms with E-state index in [1.807, 2.05) is 12.2 Å². The van der Waals surface area contributed by atoms with Crippen LogP contribution in [0.5, 0.6) is 0 Å². The molecule has 58 heavy (non-hydrogen) atoms. The summed E-state index contributed by atoms with van der Waals surface area (Å²) in [6.07, 6.45) is 46.5. The van der Waals surface area contributed by atoms with Gasteiger partial charge >= 0.3 is 19.8 Å². The van der Waals surface area contributed by atoms with Gasteiger partial charge < -0.3 is 29.7 Å². The minimum Gasteiger partial charge on any atom is -0.462 e. The van der Waals surface area contributed by atoms with Crippen LogP contribution in [-0.2, 0) is 32.7 Å². The summed E-state index contributed by atoms with van der Waals surface area (Å²) in [4.78, 5) is 35.0. The van der Waals surface area contributed by atoms with Gasteiger partial charge in [0.05, 0.1) is 25.9 Å². The number of esters is 2. The zero-order valence-electron chi connectivity index (χ0n) is 35.1. The van der Waals surface area contributed by atoms with E-state index >= 15 is 0 Å². The third-order valence-corrected chi connectivity index (χ3v) is 8.98. The smallest absolute Gasteiger partial charge is 0.462 e. The molecule has 4 atom stereocenters. The van der Waals surface area contributed by atoms with Crippen LogP contribution < -0.4 is 0 Å². The van der Waals surface area contributed by atoms with Gasteiger partial charge in [-0.05, 0) is 83.5 Å². The van der Waals surface area contributed by atoms with Crippen LogP contribution in [0.25, 0.3) is 0 Å². The van der Waals surface area contributed by atoms with E-state index in [1.54, 1.807) is 12.2 Å². The number of carbonyl (C=O) groups excluding carboxylic acids is 2. The van der Waals surface area contributed by atoms with Gasteiger partial charge in [0.2, 0.25) is 0 Å². The van der Waals surface area contributed by atoms with Gasteiger partial charge in [-0.2, -0.15) is 0 Å². The topological polar surface area (TPSA) is 169 Å². The number of aliphatic hydroxyl groups is 3. The van der Waals surface area contributed by atoms with Gasteiger partial charge in [-0.1, -0.05) is 136 Å². The Morgan fingerprint density at radius 2 is 1.09 bits per heavy atom. The van der Waals surface area contributed by atoms with Crippen LogP contribution in [0.2, 0.25) is 0 Å². The number of unbranched alkanes of at least 4 members (excludes halogenated alkanes) is 4. The van der Waals surface area contributed by atoms with E-state index < -0.39 is 64.5 Å². The summed E-state index contributed by atoms with van der Waals surface area (Å²) in [7, 11) is -4.69. The number of phosphoric acid groups is 1. The molecule has 0 saturated carbocycles. The number of phosphoric ester groups is 1. The highest BCUT2D eigenvalue weighted by Gasteiger charge is 2.27. The molecule has 0 amide bonds. The summed E-state index contributed by atoms with van der Waals surface area (Å²) in [6.45, 7) is 1.86. The van der Waals surface area contributed by atoms with Gasteiger partial charge in [-0.15, -0.1) is 0 Å². The quantitative estimate of drug-likeness (QED) is 0.0155. The monoisotopic (exact) mass is 832 g/mol. The van der Waals surface area contributed by atoms with E-state index in [1.165, 1.54) is 0 Å². The Hall–Kier alpha value is -3.41. The van der Waals surface area contributed by atoms with Crippen molar-refractivity contribution >= 4 is 19.8 Å². The van der Waals surface area contributed by atoms with Crippen LogP contribution in [-0.4, -0.2) is 76.9 Å². The van der Waals surface area contributed by atoms with Crippen LogP contribution in [0.1, 0.15) is 123 Å². The van der Waals surface area contributed by atoms with Gasteiger partial charge in [0.25, 0.3) is 0 Å². The van der Waals surface area contributed by atoms with Crippen LogP contribution in [0.15, 0.2) is 109 Å². The first kappa shape index (κ1) is 54.6. The standard InChI is InChI=1S/C46H73O11P/c1-3-5-7-9-11-13-15-17-18-19-20-22-24-26-28-30-32-36-45(50)54-40-44(41-56-58(52,53)55-39-43(49)38-47)57-46(51)37-33-35-42(48)34-31-29-27-25-23-21-16-14-12-10-8-6-4-2/h5-8,11-14,17-18,20-23,27,29,31,34,42-44,47-49H,3-4,9-10,15-16,19,24-26,28,30,32-33,35-41H2,1-2H3,(H,52,53)/b7-5-,8-6-,13-11-,14-12-,18-17-,22-20-,23-21-,29-27-,34-31+/t42?,43-,44+/m0/s1. The lowest BCUT2D eigenvalue weighted by atomic mass is 10.1. The number of ether oxygens (including phenoxy) is 2. The van der Waals surface area contributed by atoms with Crippen LogP contribution in [0, 0.1) is 0 Å². The largest absolute Gasteiger partial charge is 0.472 e. The molecule has 0 aliphatic heterocycles. The predicted molar refractivity (Wildman–Crippen MR) is 234 cm³/mol. The lowest BCUT2D eigenvalue weighted by Crippen LogP contribution is -2.30. The van der Waals surface area contributed by atoms with Gasteiger partial charge in [0.1, 0.15) is 12.7 Å². The van der Waals surface area contributed by atoms with Crippen molar-refractivity contribution in [1.29, 1.82) is 0 Å². The maximum atomic E-state index is 12.6. The predicted octanol–water partition coefficient (Wildman–Crippen LogP) is 9.97. The van der Waals surface area contributed by atoms with Crippen molar-refractivity contribution in [3.63, 3.8) is 0 Å². The summed E-state index contributed by atoms with van der Waals surface area (Å²) in [5.74, 6) is -1.17. The van der Waals surface area contributed by atoms with Crippen LogP contribution in [0.3, 0.4) is 0 Å². The first-order valence-electron chi connectivity index (χ1n) is 21.0. The maximum absolute atomic E-state index is 12.6. The van der Waals surface area contributed by atoms with Gasteiger partial charge in [0, 0.05) is 12.8 Å². The van der Waals surface area contributed by atoms with Crippen molar-refractivity contribution in [2.45, 2.75) is 141 Å². The number of allylic oxidation sites excluding steroid dienone is 17. The van der Waals surface area contributed by atoms with Crippen LogP contribution in [0.4, 0.5) is 0 Å². The zero-order valence-corrected chi connectivity index (χ0v) is 36.0. The van der Waals surface area contributed by atoms with Crippen LogP contribution >= 0.6 is 7.82 Å². The summed E-state index contributed by atoms with van der Waals surface area (Å²) in [6, 6.07) is 0. The van der Waals surface area contributed by atoms with Gasteiger partial charge in [-0.3, -0.25) is 18.6 Å². The first-order valence-corrected chi connectivity index (χ1v) is 22.4. The van der Waals surface area contributed by atoms with Gasteiger partial charge in [0.15, 0.2) is 6.10 Å². The minimum atomic E-state index is -4.69. The molecule has 0 aliphatic carbocycles. The van der Waals surface area contributed by atoms with Crippen molar-refractivity contribution in [3.8, 4) is 0 Å². The normalized spacial score (nSPS) is 15.5. The SMILES string of the molecule is CC/C=C\C/C=C\C/C=C\C/C=C\C=C\C(O)CCCC(=O)O[C@H](COC(=O)CCCCCC/C=C\C/C=C\C/C=C\C/C=C\CC)COP(=O)(O)OC[C@@H](O)CO. The average molecular weight is 833 g/mol. The van der Waals surface area contributed by atoms with Crippen molar-refractivity contribution < 1.29 is 52.9 Å². The van der Waals surface area contributed by atoms with E-state index in [0.717, 1.165) is 77.0 Å². The molecule has 12 heteroatoms. The highest BCUT2D eigenvalue weighted by Crippen LogP contribution is 2.43. The molecule has 0 aromatic carbocycles. The summed E-state index contributed by atoms with van der Waals surface area (Å²) in [5.41, 5.74) is 0. The third-order valence-electron chi connectivity index (χ3n) is 8.03. The number of rotatable bonds is 37. The minimum absolute atomic E-state index is 0.0593. The van der Waals surface area contributed by atoms with Crippen molar-refractivity contribution in [1.82, 2.24) is 0 Å². The molecular formula is C46H73O11P. The Labute approximate surface area is 348 Å². The molecule has 0 bridgehead atoms. The fourth-order valence-electron chi connectivity index (χ4n) is 4.83. The van der Waals surface area contributed by atoms with E-state index in [0.29, 0.717) is 19.3 Å². The Morgan fingerprint density at radius 1 is 0.586 bits per heavy atom. The Bertz CT molecular complexity index is 1340. The molecule has 0 aliphatic rings. The highest BCUT2D eigenvalue weighted by atomic mass is 31.2. The second kappa shape index (κ2) is 40.4. The second-order valence-electron chi connectivity index (χ2n) is 13.4. The average Bonchev–Trinajstić information content (AvgIpc) is 3.20. The Kier molecular flexibility index (Phi) is 38.0. The number of aliphatic hydroxyl groups excluding tert-OH is 3. The summed E-state index contributed by atoms with van der Waals surface area (Å²) < 4.78 is 32.5. The molecule has 0 heterocycles. The Balaban J connectivity index is 4.59. The molecule has 0 aromatic heterocycles. The zero-order chi connectivity index (χ0) is 42.8. The van der Waals surface area contributed by atoms with E-state index in [-0.39, 0.29) is 12.8 Å². The molecule has 11 nitrogen and oxygen atoms in total. The van der Waals surface area contributed by atoms with E-state index in [9.17, 15) is 29.3 Å². The number of hydrogen-bond acceptors (Lipinski definition) is 10. The number of carbonyl (C=O) groups is 2. The third kappa shape index (κ3) is 39.4. The molecule has 328 valence electrons. The summed E-state index contributed by atoms with van der Waals surface area (Å²) >= 11 is 0. The highest BCUT2D eigenvalue weighted by molar-refractivity contribution is 7.47. The van der Waals surface area contributed by atoms with Crippen molar-refractivity contribution in [2.75, 3.05) is 26.4 Å². The van der Waals surface area contributed by atoms with Crippen molar-refractivity contribution in [3.05, 3.63) is 109 Å². The molecule has 0 aromatic rings. The van der Waals surface area contributed by atoms with E-state index in [2.05, 4.69) is 103 Å². The fraction of sp³-hybridized carbons (Fsp3) is 0.565. The first-order chi connectivity index (χ1) is 28.1. The molecule has 0 rings (SSSR count). The molecule has 0 saturated heterocycles. The molecule has 0 fully saturated rings. The molecule has 0 radical (unpaired) electrons. The van der Waals surface area contributed by atoms with E-state index in [4.69, 9.17) is 19.1 Å². The fourth-order valence-corrected chi connectivity index (χ4v) is 5.62. The lowest BCUT2D eigenvalue weighted by Gasteiger charge is -2.20. The lowest BCUT2D eigenvalue weighted by molar-refractivity contribution is -0.161. The van der Waals surface area contributed by atoms with Crippen molar-refractivity contribution in [2.24, 2.45) is 0 Å². The Morgan fingerprint density at radius 3 is 1.66 bits per heavy atom. The summed E-state index contributed by atoms with van der Waals surface area (Å²) in [5, 5.41) is 28.6. The number of hydrogen-bond donors (Lipinski definition) is 4. The maximum Gasteiger partial charge on any atom is 0.472 e. The molecule has 0 spiro atoms. The second-order valence-corrected chi connectivity index (χ2v) is 14.9. The molecule has 4 N–H and O–H groups in total.